The Hall–Kier alpha value is -0.590. The van der Waals surface area contributed by atoms with Crippen LogP contribution in [0.2, 0.25) is 0 Å². The van der Waals surface area contributed by atoms with Crippen molar-refractivity contribution in [3.63, 3.8) is 0 Å². The fourth-order valence-corrected chi connectivity index (χ4v) is 2.88. The first-order valence-electron chi connectivity index (χ1n) is 6.65. The first-order chi connectivity index (χ1) is 7.42. The molecule has 2 rings (SSSR count). The lowest BCUT2D eigenvalue weighted by atomic mass is 9.80. The van der Waals surface area contributed by atoms with E-state index in [0.29, 0.717) is 0 Å². The zero-order valence-electron chi connectivity index (χ0n) is 9.97. The summed E-state index contributed by atoms with van der Waals surface area (Å²) in [6, 6.07) is 0. The Morgan fingerprint density at radius 1 is 1.33 bits per heavy atom. The van der Waals surface area contributed by atoms with Crippen LogP contribution in [-0.4, -0.2) is 12.3 Å². The van der Waals surface area contributed by atoms with Gasteiger partial charge in [0.25, 0.3) is 0 Å². The largest absolute Gasteiger partial charge is 0.285 e. The third-order valence-electron chi connectivity index (χ3n) is 3.74. The van der Waals surface area contributed by atoms with Crippen LogP contribution >= 0.6 is 0 Å². The van der Waals surface area contributed by atoms with Crippen molar-refractivity contribution in [3.05, 3.63) is 11.6 Å². The Balaban J connectivity index is 1.79. The van der Waals surface area contributed by atoms with Crippen LogP contribution in [0.25, 0.3) is 0 Å². The minimum atomic E-state index is 0.858. The smallest absolute Gasteiger partial charge is 0.0580 e. The van der Waals surface area contributed by atoms with Crippen molar-refractivity contribution in [3.8, 4) is 0 Å². The maximum atomic E-state index is 4.58. The molecule has 0 radical (unpaired) electrons. The van der Waals surface area contributed by atoms with Gasteiger partial charge in [-0.1, -0.05) is 38.7 Å². The van der Waals surface area contributed by atoms with Crippen LogP contribution < -0.4 is 0 Å². The van der Waals surface area contributed by atoms with Gasteiger partial charge in [-0.25, -0.2) is 0 Å². The van der Waals surface area contributed by atoms with E-state index in [0.717, 1.165) is 12.5 Å². The first-order valence-corrected chi connectivity index (χ1v) is 6.65. The van der Waals surface area contributed by atoms with E-state index in [9.17, 15) is 0 Å². The quantitative estimate of drug-likeness (QED) is 0.598. The van der Waals surface area contributed by atoms with Gasteiger partial charge < -0.3 is 0 Å². The van der Waals surface area contributed by atoms with E-state index in [4.69, 9.17) is 0 Å². The summed E-state index contributed by atoms with van der Waals surface area (Å²) in [7, 11) is 0. The van der Waals surface area contributed by atoms with Gasteiger partial charge in [-0.3, -0.25) is 4.99 Å². The summed E-state index contributed by atoms with van der Waals surface area (Å²) in [6.07, 6.45) is 13.4. The lowest BCUT2D eigenvalue weighted by Crippen LogP contribution is -2.17. The molecule has 1 heterocycles. The van der Waals surface area contributed by atoms with Crippen molar-refractivity contribution < 1.29 is 0 Å². The van der Waals surface area contributed by atoms with Gasteiger partial charge in [-0.15, -0.1) is 0 Å². The number of fused-ring (bicyclic) bond motifs is 1. The molecular weight excluding hydrogens is 182 g/mol. The van der Waals surface area contributed by atoms with Crippen molar-refractivity contribution in [2.45, 2.75) is 58.3 Å². The molecule has 1 fully saturated rings. The predicted molar refractivity (Wildman–Crippen MR) is 66.5 cm³/mol. The maximum Gasteiger partial charge on any atom is 0.0580 e. The molecule has 0 bridgehead atoms. The zero-order valence-corrected chi connectivity index (χ0v) is 9.97. The summed E-state index contributed by atoms with van der Waals surface area (Å²) in [5.74, 6) is 0.858. The number of allylic oxidation sites excluding steroid dienone is 1. The average molecular weight is 205 g/mol. The fraction of sp³-hybridized carbons (Fsp3) is 0.786. The molecular formula is C14H23N. The Morgan fingerprint density at radius 3 is 3.13 bits per heavy atom. The predicted octanol–water partition coefficient (Wildman–Crippen LogP) is 4.14. The van der Waals surface area contributed by atoms with Gasteiger partial charge in [-0.05, 0) is 37.2 Å². The number of hydrogen-bond acceptors (Lipinski definition) is 1. The normalized spacial score (nSPS) is 24.7. The molecule has 0 aromatic rings. The minimum Gasteiger partial charge on any atom is -0.285 e. The lowest BCUT2D eigenvalue weighted by molar-refractivity contribution is 0.467. The molecule has 2 aliphatic rings. The molecule has 0 aromatic carbocycles. The standard InChI is InChI=1S/C14H23N/c1-2-3-4-5-7-12-8-6-9-14-13(12)10-11-15-14/h10,12H,2-9,11H2,1H3. The molecule has 0 N–H and O–H groups in total. The molecule has 0 amide bonds. The average Bonchev–Trinajstić information content (AvgIpc) is 2.73. The molecule has 1 atom stereocenters. The molecule has 1 heteroatoms. The Kier molecular flexibility index (Phi) is 3.99. The van der Waals surface area contributed by atoms with Crippen LogP contribution in [0, 0.1) is 5.92 Å². The van der Waals surface area contributed by atoms with E-state index in [1.165, 1.54) is 57.1 Å². The second kappa shape index (κ2) is 5.48. The molecule has 0 spiro atoms. The van der Waals surface area contributed by atoms with Crippen LogP contribution in [-0.2, 0) is 0 Å². The van der Waals surface area contributed by atoms with Crippen molar-refractivity contribution in [2.24, 2.45) is 10.9 Å². The van der Waals surface area contributed by atoms with Gasteiger partial charge in [0.2, 0.25) is 0 Å². The van der Waals surface area contributed by atoms with E-state index in [1.54, 1.807) is 5.57 Å². The fourth-order valence-electron chi connectivity index (χ4n) is 2.88. The van der Waals surface area contributed by atoms with E-state index in [-0.39, 0.29) is 0 Å². The highest BCUT2D eigenvalue weighted by Crippen LogP contribution is 2.33. The highest BCUT2D eigenvalue weighted by molar-refractivity contribution is 6.02. The van der Waals surface area contributed by atoms with E-state index in [1.807, 2.05) is 0 Å². The van der Waals surface area contributed by atoms with Crippen LogP contribution in [0.5, 0.6) is 0 Å². The van der Waals surface area contributed by atoms with E-state index in [2.05, 4.69) is 18.0 Å². The Bertz CT molecular complexity index is 263. The summed E-state index contributed by atoms with van der Waals surface area (Å²) in [5, 5.41) is 0. The van der Waals surface area contributed by atoms with Gasteiger partial charge in [-0.2, -0.15) is 0 Å². The molecule has 1 aliphatic carbocycles. The van der Waals surface area contributed by atoms with Crippen molar-refractivity contribution in [1.29, 1.82) is 0 Å². The van der Waals surface area contributed by atoms with Gasteiger partial charge in [0.1, 0.15) is 0 Å². The zero-order chi connectivity index (χ0) is 10.5. The molecule has 0 aromatic heterocycles. The van der Waals surface area contributed by atoms with Gasteiger partial charge in [0.05, 0.1) is 6.54 Å². The number of aliphatic imine (C=N–C) groups is 1. The second-order valence-electron chi connectivity index (χ2n) is 4.89. The van der Waals surface area contributed by atoms with Crippen LogP contribution in [0.15, 0.2) is 16.6 Å². The van der Waals surface area contributed by atoms with Gasteiger partial charge in [0.15, 0.2) is 0 Å². The summed E-state index contributed by atoms with van der Waals surface area (Å²) < 4.78 is 0. The summed E-state index contributed by atoms with van der Waals surface area (Å²) in [4.78, 5) is 4.58. The minimum absolute atomic E-state index is 0.858. The highest BCUT2D eigenvalue weighted by atomic mass is 14.8. The summed E-state index contributed by atoms with van der Waals surface area (Å²) in [5.41, 5.74) is 3.07. The number of nitrogens with zero attached hydrogens (tertiary/aromatic N) is 1. The van der Waals surface area contributed by atoms with Crippen molar-refractivity contribution in [1.82, 2.24) is 0 Å². The van der Waals surface area contributed by atoms with Crippen LogP contribution in [0.4, 0.5) is 0 Å². The van der Waals surface area contributed by atoms with Gasteiger partial charge >= 0.3 is 0 Å². The van der Waals surface area contributed by atoms with E-state index < -0.39 is 0 Å². The number of unbranched alkanes of at least 4 members (excludes halogenated alkanes) is 3. The molecule has 15 heavy (non-hydrogen) atoms. The molecule has 1 saturated carbocycles. The van der Waals surface area contributed by atoms with Gasteiger partial charge in [0, 0.05) is 5.71 Å². The molecule has 1 unspecified atom stereocenters. The topological polar surface area (TPSA) is 12.4 Å². The highest BCUT2D eigenvalue weighted by Gasteiger charge is 2.25. The monoisotopic (exact) mass is 205 g/mol. The number of rotatable bonds is 5. The molecule has 84 valence electrons. The van der Waals surface area contributed by atoms with Crippen molar-refractivity contribution in [2.75, 3.05) is 6.54 Å². The third kappa shape index (κ3) is 2.70. The maximum absolute atomic E-state index is 4.58. The van der Waals surface area contributed by atoms with Crippen LogP contribution in [0.3, 0.4) is 0 Å². The Labute approximate surface area is 93.7 Å². The van der Waals surface area contributed by atoms with E-state index >= 15 is 0 Å². The first kappa shape index (κ1) is 10.9. The third-order valence-corrected chi connectivity index (χ3v) is 3.74. The lowest BCUT2D eigenvalue weighted by Gasteiger charge is -2.24. The molecule has 1 aliphatic heterocycles. The summed E-state index contributed by atoms with van der Waals surface area (Å²) >= 11 is 0. The molecule has 1 nitrogen and oxygen atoms in total. The number of hydrogen-bond donors (Lipinski definition) is 0. The Morgan fingerprint density at radius 2 is 2.27 bits per heavy atom. The SMILES string of the molecule is CCCCCCC1CCCC2=NCC=C21. The van der Waals surface area contributed by atoms with Crippen LogP contribution in [0.1, 0.15) is 58.3 Å². The molecule has 0 saturated heterocycles. The summed E-state index contributed by atoms with van der Waals surface area (Å²) in [6.45, 7) is 3.25. The second-order valence-corrected chi connectivity index (χ2v) is 4.89. The van der Waals surface area contributed by atoms with Crippen molar-refractivity contribution >= 4 is 5.71 Å².